The van der Waals surface area contributed by atoms with Crippen molar-refractivity contribution < 1.29 is 37.0 Å². The van der Waals surface area contributed by atoms with Crippen LogP contribution >= 0.6 is 0 Å². The number of anilines is 1. The highest BCUT2D eigenvalue weighted by Gasteiger charge is 2.32. The number of aliphatic hydroxyl groups excluding tert-OH is 1. The number of carbonyl (C=O) groups is 2. The van der Waals surface area contributed by atoms with Gasteiger partial charge in [-0.15, -0.1) is 0 Å². The summed E-state index contributed by atoms with van der Waals surface area (Å²) in [4.78, 5) is 28.7. The van der Waals surface area contributed by atoms with Gasteiger partial charge in [-0.1, -0.05) is 26.2 Å². The van der Waals surface area contributed by atoms with Crippen molar-refractivity contribution in [3.8, 4) is 5.75 Å². The van der Waals surface area contributed by atoms with Crippen LogP contribution in [-0.2, 0) is 14.8 Å². The topological polar surface area (TPSA) is 138 Å². The van der Waals surface area contributed by atoms with Crippen molar-refractivity contribution in [2.75, 3.05) is 38.7 Å². The van der Waals surface area contributed by atoms with Crippen LogP contribution in [0.15, 0.2) is 47.4 Å². The maximum atomic E-state index is 14.3. The van der Waals surface area contributed by atoms with Crippen LogP contribution in [0, 0.1) is 11.7 Å². The van der Waals surface area contributed by atoms with Crippen molar-refractivity contribution >= 4 is 27.6 Å². The van der Waals surface area contributed by atoms with Gasteiger partial charge in [-0.2, -0.15) is 4.31 Å². The molecule has 1 saturated carbocycles. The largest absolute Gasteiger partial charge is 0.490 e. The van der Waals surface area contributed by atoms with Gasteiger partial charge in [-0.3, -0.25) is 4.79 Å². The highest BCUT2D eigenvalue weighted by atomic mass is 32.2. The monoisotopic (exact) mass is 690 g/mol. The highest BCUT2D eigenvalue weighted by Crippen LogP contribution is 2.29. The summed E-state index contributed by atoms with van der Waals surface area (Å²) in [7, 11) is -2.49. The fraction of sp³-hybridized carbons (Fsp3) is 0.600. The Morgan fingerprint density at radius 2 is 1.75 bits per heavy atom. The number of amides is 3. The quantitative estimate of drug-likeness (QED) is 0.338. The van der Waals surface area contributed by atoms with Gasteiger partial charge in [0.15, 0.2) is 0 Å². The predicted octanol–water partition coefficient (Wildman–Crippen LogP) is 5.40. The Kier molecular flexibility index (Phi) is 13.6. The van der Waals surface area contributed by atoms with Gasteiger partial charge in [0.25, 0.3) is 5.91 Å². The first-order valence-corrected chi connectivity index (χ1v) is 18.5. The third kappa shape index (κ3) is 10.1. The molecule has 0 radical (unpaired) electrons. The Balaban J connectivity index is 1.60. The van der Waals surface area contributed by atoms with Crippen molar-refractivity contribution in [3.63, 3.8) is 0 Å². The number of urea groups is 1. The molecule has 3 N–H and O–H groups in total. The van der Waals surface area contributed by atoms with Gasteiger partial charge in [-0.05, 0) is 88.4 Å². The molecule has 1 aliphatic heterocycles. The maximum Gasteiger partial charge on any atom is 0.319 e. The zero-order valence-electron chi connectivity index (χ0n) is 28.5. The molecule has 0 bridgehead atoms. The van der Waals surface area contributed by atoms with E-state index in [1.807, 2.05) is 13.8 Å². The summed E-state index contributed by atoms with van der Waals surface area (Å²) in [6.45, 7) is 5.76. The average molecular weight is 691 g/mol. The number of rotatable bonds is 8. The van der Waals surface area contributed by atoms with E-state index in [0.29, 0.717) is 30.9 Å². The number of halogens is 1. The standard InChI is InChI=1S/C35H51FN4O7S/c1-24-21-40(25(2)23-41)34(42)31-20-29(38-35(43)37-28-11-6-5-7-12-28)15-18-32(31)47-26(3)10-8-9-19-46-33(24)22-39(4)48(44,45)30-16-13-27(36)14-17-30/h13-18,20,24-26,28,33,41H,5-12,19,21-23H2,1-4H3,(H2,37,38,43)/t24-,25-,26-,33-/m0/s1. The van der Waals surface area contributed by atoms with Crippen LogP contribution < -0.4 is 15.4 Å². The SMILES string of the molecule is C[C@H]1CCCCO[C@@H](CN(C)S(=O)(=O)c2ccc(F)cc2)[C@@H](C)CN([C@@H](C)CO)C(=O)c2cc(NC(=O)NC3CCCCC3)ccc2O1. The molecule has 3 amide bonds. The third-order valence-corrected chi connectivity index (χ3v) is 11.0. The molecule has 1 heterocycles. The number of ether oxygens (including phenoxy) is 2. The number of carbonyl (C=O) groups excluding carboxylic acids is 2. The molecule has 11 nitrogen and oxygen atoms in total. The lowest BCUT2D eigenvalue weighted by molar-refractivity contribution is -0.00834. The van der Waals surface area contributed by atoms with Crippen molar-refractivity contribution in [2.24, 2.45) is 5.92 Å². The van der Waals surface area contributed by atoms with Crippen LogP contribution in [0.4, 0.5) is 14.9 Å². The lowest BCUT2D eigenvalue weighted by atomic mass is 9.96. The minimum atomic E-state index is -3.95. The van der Waals surface area contributed by atoms with Crippen LogP contribution in [0.5, 0.6) is 5.75 Å². The normalized spacial score (nSPS) is 22.7. The molecule has 0 unspecified atom stereocenters. The van der Waals surface area contributed by atoms with Crippen LogP contribution in [-0.4, -0.2) is 92.3 Å². The number of sulfonamides is 1. The first-order valence-electron chi connectivity index (χ1n) is 17.0. The summed E-state index contributed by atoms with van der Waals surface area (Å²) < 4.78 is 53.9. The van der Waals surface area contributed by atoms with Crippen molar-refractivity contribution in [3.05, 3.63) is 53.8 Å². The smallest absolute Gasteiger partial charge is 0.319 e. The number of benzene rings is 2. The van der Waals surface area contributed by atoms with Gasteiger partial charge in [0.05, 0.1) is 35.3 Å². The molecule has 1 fully saturated rings. The summed E-state index contributed by atoms with van der Waals surface area (Å²) >= 11 is 0. The number of aliphatic hydroxyl groups is 1. The predicted molar refractivity (Wildman–Crippen MR) is 182 cm³/mol. The highest BCUT2D eigenvalue weighted by molar-refractivity contribution is 7.89. The Morgan fingerprint density at radius 3 is 2.44 bits per heavy atom. The number of nitrogens with zero attached hydrogens (tertiary/aromatic N) is 2. The van der Waals surface area contributed by atoms with Crippen molar-refractivity contribution in [1.29, 1.82) is 0 Å². The zero-order chi connectivity index (χ0) is 34.8. The van der Waals surface area contributed by atoms with E-state index in [1.54, 1.807) is 30.0 Å². The van der Waals surface area contributed by atoms with E-state index in [2.05, 4.69) is 10.6 Å². The van der Waals surface area contributed by atoms with Gasteiger partial charge in [-0.25, -0.2) is 17.6 Å². The van der Waals surface area contributed by atoms with Crippen molar-refractivity contribution in [2.45, 2.75) is 101 Å². The van der Waals surface area contributed by atoms with E-state index in [4.69, 9.17) is 9.47 Å². The van der Waals surface area contributed by atoms with Gasteiger partial charge in [0.1, 0.15) is 11.6 Å². The average Bonchev–Trinajstić information content (AvgIpc) is 3.06. The molecule has 48 heavy (non-hydrogen) atoms. The van der Waals surface area contributed by atoms with E-state index in [-0.39, 0.29) is 54.3 Å². The molecule has 0 spiro atoms. The maximum absolute atomic E-state index is 14.3. The molecular weight excluding hydrogens is 639 g/mol. The Hall–Kier alpha value is -3.26. The molecule has 0 saturated heterocycles. The lowest BCUT2D eigenvalue weighted by Crippen LogP contribution is -2.48. The Bertz CT molecular complexity index is 1470. The number of hydrogen-bond donors (Lipinski definition) is 3. The second-order valence-electron chi connectivity index (χ2n) is 13.2. The van der Waals surface area contributed by atoms with Crippen LogP contribution in [0.1, 0.15) is 82.5 Å². The minimum Gasteiger partial charge on any atom is -0.490 e. The first kappa shape index (κ1) is 37.6. The fourth-order valence-corrected chi connectivity index (χ4v) is 7.38. The molecule has 4 rings (SSSR count). The summed E-state index contributed by atoms with van der Waals surface area (Å²) in [6, 6.07) is 8.87. The summed E-state index contributed by atoms with van der Waals surface area (Å²) in [5.74, 6) is -0.912. The molecule has 0 aromatic heterocycles. The van der Waals surface area contributed by atoms with Gasteiger partial charge < -0.3 is 30.1 Å². The second-order valence-corrected chi connectivity index (χ2v) is 15.2. The molecule has 4 atom stereocenters. The number of fused-ring (bicyclic) bond motifs is 1. The van der Waals surface area contributed by atoms with E-state index in [1.165, 1.54) is 29.9 Å². The Labute approximate surface area is 284 Å². The van der Waals surface area contributed by atoms with E-state index >= 15 is 0 Å². The lowest BCUT2D eigenvalue weighted by Gasteiger charge is -2.35. The van der Waals surface area contributed by atoms with Gasteiger partial charge in [0, 0.05) is 44.4 Å². The van der Waals surface area contributed by atoms with Crippen molar-refractivity contribution in [1.82, 2.24) is 14.5 Å². The fourth-order valence-electron chi connectivity index (χ4n) is 6.20. The van der Waals surface area contributed by atoms with E-state index in [0.717, 1.165) is 44.2 Å². The van der Waals surface area contributed by atoms with Crippen LogP contribution in [0.3, 0.4) is 0 Å². The van der Waals surface area contributed by atoms with Crippen LogP contribution in [0.25, 0.3) is 0 Å². The third-order valence-electron chi connectivity index (χ3n) is 9.21. The molecule has 2 aromatic rings. The molecule has 1 aliphatic carbocycles. The van der Waals surface area contributed by atoms with Gasteiger partial charge >= 0.3 is 6.03 Å². The molecule has 13 heteroatoms. The second kappa shape index (κ2) is 17.4. The van der Waals surface area contributed by atoms with Gasteiger partial charge in [0.2, 0.25) is 10.0 Å². The molecule has 2 aliphatic rings. The Morgan fingerprint density at radius 1 is 1.06 bits per heavy atom. The molecule has 266 valence electrons. The number of nitrogens with one attached hydrogen (secondary N) is 2. The number of likely N-dealkylation sites (N-methyl/N-ethyl adjacent to an activating group) is 1. The minimum absolute atomic E-state index is 0.00329. The number of hydrogen-bond acceptors (Lipinski definition) is 7. The molecule has 2 aromatic carbocycles. The molecular formula is C35H51FN4O7S. The summed E-state index contributed by atoms with van der Waals surface area (Å²) in [5.41, 5.74) is 0.682. The van der Waals surface area contributed by atoms with Crippen LogP contribution in [0.2, 0.25) is 0 Å². The first-order chi connectivity index (χ1) is 22.9. The van der Waals surface area contributed by atoms with E-state index in [9.17, 15) is 27.5 Å². The van der Waals surface area contributed by atoms with E-state index < -0.39 is 33.9 Å². The zero-order valence-corrected chi connectivity index (χ0v) is 29.3. The summed E-state index contributed by atoms with van der Waals surface area (Å²) in [5, 5.41) is 16.1. The summed E-state index contributed by atoms with van der Waals surface area (Å²) in [6.07, 6.45) is 6.57.